The summed E-state index contributed by atoms with van der Waals surface area (Å²) < 4.78 is 2.35. The highest BCUT2D eigenvalue weighted by atomic mass is 35.5. The molecule has 0 aliphatic carbocycles. The minimum atomic E-state index is 0.620. The van der Waals surface area contributed by atoms with E-state index in [2.05, 4.69) is 48.4 Å². The Morgan fingerprint density at radius 3 is 2.71 bits per heavy atom. The molecule has 1 aromatic carbocycles. The molecule has 0 saturated heterocycles. The quantitative estimate of drug-likeness (QED) is 0.691. The first-order valence-corrected chi connectivity index (χ1v) is 8.47. The summed E-state index contributed by atoms with van der Waals surface area (Å²) in [5, 5.41) is 0. The van der Waals surface area contributed by atoms with Crippen LogP contribution >= 0.6 is 11.6 Å². The molecule has 0 aliphatic rings. The normalized spacial score (nSPS) is 11.7. The summed E-state index contributed by atoms with van der Waals surface area (Å²) in [7, 11) is 0. The highest BCUT2D eigenvalue weighted by Crippen LogP contribution is 2.20. The third kappa shape index (κ3) is 3.78. The lowest BCUT2D eigenvalue weighted by Gasteiger charge is -2.20. The van der Waals surface area contributed by atoms with Crippen LogP contribution in [0.3, 0.4) is 0 Å². The van der Waals surface area contributed by atoms with Crippen LogP contribution in [0.4, 0.5) is 0 Å². The molecule has 4 heteroatoms. The van der Waals surface area contributed by atoms with E-state index in [-0.39, 0.29) is 0 Å². The number of nitrogens with zero attached hydrogens (tertiary/aromatic N) is 3. The smallest absolute Gasteiger partial charge is 0.111 e. The summed E-state index contributed by atoms with van der Waals surface area (Å²) in [4.78, 5) is 7.30. The summed E-state index contributed by atoms with van der Waals surface area (Å²) in [5.41, 5.74) is 3.60. The molecule has 0 bridgehead atoms. The van der Waals surface area contributed by atoms with E-state index >= 15 is 0 Å². The van der Waals surface area contributed by atoms with Gasteiger partial charge in [-0.1, -0.05) is 26.0 Å². The van der Waals surface area contributed by atoms with E-state index in [0.717, 1.165) is 43.9 Å². The number of imidazole rings is 1. The number of fused-ring (bicyclic) bond motifs is 1. The number of aromatic nitrogens is 2. The Hall–Kier alpha value is -1.06. The van der Waals surface area contributed by atoms with Gasteiger partial charge in [0.1, 0.15) is 5.82 Å². The molecule has 0 spiro atoms. The van der Waals surface area contributed by atoms with E-state index in [1.54, 1.807) is 0 Å². The molecular weight excluding hydrogens is 282 g/mol. The second-order valence-electron chi connectivity index (χ2n) is 5.50. The van der Waals surface area contributed by atoms with Gasteiger partial charge in [0.25, 0.3) is 0 Å². The van der Waals surface area contributed by atoms with Crippen molar-refractivity contribution in [1.29, 1.82) is 0 Å². The van der Waals surface area contributed by atoms with Crippen LogP contribution in [0.2, 0.25) is 0 Å². The second-order valence-corrected chi connectivity index (χ2v) is 5.87. The van der Waals surface area contributed by atoms with E-state index in [9.17, 15) is 0 Å². The van der Waals surface area contributed by atoms with Gasteiger partial charge in [-0.15, -0.1) is 11.6 Å². The van der Waals surface area contributed by atoms with Crippen LogP contribution in [0.5, 0.6) is 0 Å². The maximum atomic E-state index is 5.95. The van der Waals surface area contributed by atoms with Gasteiger partial charge in [-0.25, -0.2) is 4.98 Å². The number of benzene rings is 1. The molecule has 0 N–H and O–H groups in total. The molecule has 21 heavy (non-hydrogen) atoms. The summed E-state index contributed by atoms with van der Waals surface area (Å²) in [5.74, 6) is 1.73. The maximum absolute atomic E-state index is 5.95. The van der Waals surface area contributed by atoms with Crippen molar-refractivity contribution in [1.82, 2.24) is 14.5 Å². The van der Waals surface area contributed by atoms with Crippen molar-refractivity contribution in [3.05, 3.63) is 29.6 Å². The topological polar surface area (TPSA) is 21.1 Å². The lowest BCUT2D eigenvalue weighted by Crippen LogP contribution is -2.28. The third-order valence-electron chi connectivity index (χ3n) is 4.00. The maximum Gasteiger partial charge on any atom is 0.111 e. The van der Waals surface area contributed by atoms with E-state index in [1.165, 1.54) is 17.5 Å². The van der Waals surface area contributed by atoms with Gasteiger partial charge in [-0.05, 0) is 38.1 Å². The molecule has 0 aliphatic heterocycles. The second kappa shape index (κ2) is 7.81. The lowest BCUT2D eigenvalue weighted by atomic mass is 10.2. The van der Waals surface area contributed by atoms with E-state index < -0.39 is 0 Å². The summed E-state index contributed by atoms with van der Waals surface area (Å²) in [6.45, 7) is 10.9. The number of alkyl halides is 1. The molecule has 116 valence electrons. The predicted octanol–water partition coefficient (Wildman–Crippen LogP) is 3.86. The fourth-order valence-electron chi connectivity index (χ4n) is 2.85. The summed E-state index contributed by atoms with van der Waals surface area (Å²) >= 11 is 5.95. The van der Waals surface area contributed by atoms with Crippen molar-refractivity contribution >= 4 is 22.6 Å². The molecule has 0 atom stereocenters. The zero-order chi connectivity index (χ0) is 15.2. The highest BCUT2D eigenvalue weighted by molar-refractivity contribution is 6.17. The number of rotatable bonds is 8. The number of hydrogen-bond acceptors (Lipinski definition) is 2. The van der Waals surface area contributed by atoms with Crippen molar-refractivity contribution in [2.24, 2.45) is 0 Å². The molecule has 0 saturated carbocycles. The first kappa shape index (κ1) is 16.3. The first-order valence-electron chi connectivity index (χ1n) is 7.94. The van der Waals surface area contributed by atoms with Crippen LogP contribution in [-0.2, 0) is 13.0 Å². The highest BCUT2D eigenvalue weighted by Gasteiger charge is 2.12. The van der Waals surface area contributed by atoms with E-state index in [1.807, 2.05) is 0 Å². The molecule has 0 amide bonds. The van der Waals surface area contributed by atoms with Crippen molar-refractivity contribution < 1.29 is 0 Å². The van der Waals surface area contributed by atoms with Crippen molar-refractivity contribution in [2.45, 2.75) is 40.2 Å². The Kier molecular flexibility index (Phi) is 6.07. The Morgan fingerprint density at radius 1 is 1.24 bits per heavy atom. The number of likely N-dealkylation sites (N-methyl/N-ethyl adjacent to an activating group) is 1. The third-order valence-corrected chi connectivity index (χ3v) is 4.19. The van der Waals surface area contributed by atoms with Crippen LogP contribution in [0, 0.1) is 6.92 Å². The minimum absolute atomic E-state index is 0.620. The van der Waals surface area contributed by atoms with Crippen LogP contribution in [0.25, 0.3) is 11.0 Å². The predicted molar refractivity (Wildman–Crippen MR) is 91.3 cm³/mol. The number of hydrogen-bond donors (Lipinski definition) is 0. The number of para-hydroxylation sites is 1. The molecular formula is C17H26ClN3. The fourth-order valence-corrected chi connectivity index (χ4v) is 3.01. The summed E-state index contributed by atoms with van der Waals surface area (Å²) in [6.07, 6.45) is 2.03. The Morgan fingerprint density at radius 2 is 2.05 bits per heavy atom. The fraction of sp³-hybridized carbons (Fsp3) is 0.588. The molecule has 2 rings (SSSR count). The Bertz CT molecular complexity index is 577. The summed E-state index contributed by atoms with van der Waals surface area (Å²) in [6, 6.07) is 6.41. The molecule has 0 fully saturated rings. The SMILES string of the molecule is CCCN(CC)CCn1c(CCCl)nc2c(C)cccc21. The number of halogens is 1. The molecule has 0 radical (unpaired) electrons. The van der Waals surface area contributed by atoms with Crippen LogP contribution in [0.1, 0.15) is 31.7 Å². The standard InChI is InChI=1S/C17H26ClN3/c1-4-11-20(5-2)12-13-21-15-8-6-7-14(3)17(15)19-16(21)9-10-18/h6-8H,4-5,9-13H2,1-3H3. The van der Waals surface area contributed by atoms with Gasteiger partial charge in [0.2, 0.25) is 0 Å². The molecule has 1 heterocycles. The Balaban J connectivity index is 2.27. The van der Waals surface area contributed by atoms with Crippen molar-refractivity contribution in [3.63, 3.8) is 0 Å². The van der Waals surface area contributed by atoms with Gasteiger partial charge in [0.05, 0.1) is 11.0 Å². The van der Waals surface area contributed by atoms with Crippen LogP contribution < -0.4 is 0 Å². The van der Waals surface area contributed by atoms with Gasteiger partial charge in [-0.2, -0.15) is 0 Å². The molecule has 3 nitrogen and oxygen atoms in total. The van der Waals surface area contributed by atoms with Gasteiger partial charge in [-0.3, -0.25) is 0 Å². The van der Waals surface area contributed by atoms with Gasteiger partial charge < -0.3 is 9.47 Å². The zero-order valence-electron chi connectivity index (χ0n) is 13.4. The van der Waals surface area contributed by atoms with Gasteiger partial charge in [0.15, 0.2) is 0 Å². The average Bonchev–Trinajstić information content (AvgIpc) is 2.83. The van der Waals surface area contributed by atoms with Gasteiger partial charge >= 0.3 is 0 Å². The zero-order valence-corrected chi connectivity index (χ0v) is 14.2. The monoisotopic (exact) mass is 307 g/mol. The van der Waals surface area contributed by atoms with Crippen LogP contribution in [-0.4, -0.2) is 40.0 Å². The van der Waals surface area contributed by atoms with Crippen molar-refractivity contribution in [2.75, 3.05) is 25.5 Å². The Labute approximate surface area is 132 Å². The van der Waals surface area contributed by atoms with E-state index in [4.69, 9.17) is 16.6 Å². The lowest BCUT2D eigenvalue weighted by molar-refractivity contribution is 0.277. The van der Waals surface area contributed by atoms with E-state index in [0.29, 0.717) is 5.88 Å². The van der Waals surface area contributed by atoms with Crippen molar-refractivity contribution in [3.8, 4) is 0 Å². The molecule has 1 aromatic heterocycles. The minimum Gasteiger partial charge on any atom is -0.327 e. The first-order chi connectivity index (χ1) is 10.2. The van der Waals surface area contributed by atoms with Gasteiger partial charge in [0, 0.05) is 25.4 Å². The molecule has 0 unspecified atom stereocenters. The number of aryl methyl sites for hydroxylation is 2. The average molecular weight is 308 g/mol. The largest absolute Gasteiger partial charge is 0.327 e. The van der Waals surface area contributed by atoms with Crippen LogP contribution in [0.15, 0.2) is 18.2 Å². The molecule has 2 aromatic rings.